The van der Waals surface area contributed by atoms with Gasteiger partial charge in [0.2, 0.25) is 0 Å². The van der Waals surface area contributed by atoms with Gasteiger partial charge in [-0.25, -0.2) is 4.68 Å². The van der Waals surface area contributed by atoms with Crippen LogP contribution in [-0.4, -0.2) is 61.4 Å². The number of aryl methyl sites for hydroxylation is 2. The van der Waals surface area contributed by atoms with E-state index in [1.807, 2.05) is 53.2 Å². The van der Waals surface area contributed by atoms with Crippen LogP contribution in [0.15, 0.2) is 79.3 Å². The van der Waals surface area contributed by atoms with E-state index in [-0.39, 0.29) is 5.91 Å². The molecule has 1 unspecified atom stereocenters. The topological polar surface area (TPSA) is 59.2 Å². The van der Waals surface area contributed by atoms with Crippen LogP contribution in [0.5, 0.6) is 0 Å². The lowest BCUT2D eigenvalue weighted by Crippen LogP contribution is -2.46. The van der Waals surface area contributed by atoms with Gasteiger partial charge < -0.3 is 4.90 Å². The Kier molecular flexibility index (Phi) is 7.51. The van der Waals surface area contributed by atoms with Crippen LogP contribution in [0.3, 0.4) is 0 Å². The number of nitrogens with zero attached hydrogens (tertiary/aromatic N) is 6. The highest BCUT2D eigenvalue weighted by atomic mass is 16.2. The van der Waals surface area contributed by atoms with E-state index in [1.165, 1.54) is 11.1 Å². The van der Waals surface area contributed by atoms with Gasteiger partial charge in [-0.3, -0.25) is 14.4 Å². The first-order chi connectivity index (χ1) is 18.0. The molecule has 0 bridgehead atoms. The molecule has 1 amide bonds. The van der Waals surface area contributed by atoms with Crippen molar-refractivity contribution in [1.82, 2.24) is 29.4 Å². The second kappa shape index (κ2) is 11.1. The molecule has 1 atom stereocenters. The lowest BCUT2D eigenvalue weighted by atomic mass is 9.84. The number of aromatic nitrogens is 4. The summed E-state index contributed by atoms with van der Waals surface area (Å²) < 4.78 is 3.67. The van der Waals surface area contributed by atoms with Gasteiger partial charge in [-0.2, -0.15) is 10.2 Å². The average Bonchev–Trinajstić information content (AvgIpc) is 3.54. The molecule has 1 fully saturated rings. The van der Waals surface area contributed by atoms with E-state index < -0.39 is 0 Å². The second-order valence-corrected chi connectivity index (χ2v) is 10.2. The minimum absolute atomic E-state index is 0.0691. The SMILES string of the molecule is Cc1nn(C)cc1CN(C)C(Cc1ccccc1)C1CCN(C(=O)c2cnn(-c3ccccc3)c2)CC1. The smallest absolute Gasteiger partial charge is 0.257 e. The first-order valence-corrected chi connectivity index (χ1v) is 13.1. The monoisotopic (exact) mass is 496 g/mol. The molecule has 1 aliphatic rings. The quantitative estimate of drug-likeness (QED) is 0.360. The lowest BCUT2D eigenvalue weighted by Gasteiger charge is -2.40. The zero-order valence-electron chi connectivity index (χ0n) is 22.0. The number of likely N-dealkylation sites (tertiary alicyclic amines) is 1. The van der Waals surface area contributed by atoms with Crippen molar-refractivity contribution in [3.63, 3.8) is 0 Å². The van der Waals surface area contributed by atoms with Gasteiger partial charge >= 0.3 is 0 Å². The highest BCUT2D eigenvalue weighted by Crippen LogP contribution is 2.28. The van der Waals surface area contributed by atoms with Gasteiger partial charge in [0.05, 0.1) is 23.1 Å². The highest BCUT2D eigenvalue weighted by Gasteiger charge is 2.32. The number of piperidine rings is 1. The number of amides is 1. The fourth-order valence-corrected chi connectivity index (χ4v) is 5.55. The molecule has 0 aliphatic carbocycles. The molecule has 3 heterocycles. The van der Waals surface area contributed by atoms with Crippen LogP contribution in [0, 0.1) is 12.8 Å². The largest absolute Gasteiger partial charge is 0.339 e. The Hall–Kier alpha value is -3.71. The molecule has 0 radical (unpaired) electrons. The molecule has 5 rings (SSSR count). The van der Waals surface area contributed by atoms with Gasteiger partial charge in [-0.15, -0.1) is 0 Å². The summed E-state index contributed by atoms with van der Waals surface area (Å²) in [7, 11) is 4.21. The first-order valence-electron chi connectivity index (χ1n) is 13.1. The van der Waals surface area contributed by atoms with Crippen LogP contribution in [0.1, 0.15) is 40.0 Å². The first kappa shape index (κ1) is 25.0. The van der Waals surface area contributed by atoms with Crippen molar-refractivity contribution in [1.29, 1.82) is 0 Å². The third-order valence-corrected chi connectivity index (χ3v) is 7.61. The van der Waals surface area contributed by atoms with Crippen LogP contribution in [-0.2, 0) is 20.0 Å². The normalized spacial score (nSPS) is 15.3. The Balaban J connectivity index is 1.26. The van der Waals surface area contributed by atoms with E-state index in [2.05, 4.69) is 65.6 Å². The molecule has 0 spiro atoms. The molecule has 192 valence electrons. The standard InChI is InChI=1S/C30H36N6O/c1-23-27(21-34(3)32-23)20-33(2)29(18-24-10-6-4-7-11-24)25-14-16-35(17-15-25)30(37)26-19-31-36(22-26)28-12-8-5-9-13-28/h4-13,19,21-22,25,29H,14-18,20H2,1-3H3. The molecule has 7 heteroatoms. The summed E-state index contributed by atoms with van der Waals surface area (Å²) in [5.74, 6) is 0.581. The average molecular weight is 497 g/mol. The van der Waals surface area contributed by atoms with Crippen molar-refractivity contribution >= 4 is 5.91 Å². The zero-order chi connectivity index (χ0) is 25.8. The molecule has 0 saturated carbocycles. The van der Waals surface area contributed by atoms with Gasteiger partial charge in [0, 0.05) is 50.7 Å². The van der Waals surface area contributed by atoms with E-state index in [9.17, 15) is 4.79 Å². The Labute approximate surface area is 219 Å². The maximum atomic E-state index is 13.3. The fraction of sp³-hybridized carbons (Fsp3) is 0.367. The summed E-state index contributed by atoms with van der Waals surface area (Å²) >= 11 is 0. The molecular formula is C30H36N6O. The molecule has 2 aromatic carbocycles. The Morgan fingerprint density at radius 2 is 1.70 bits per heavy atom. The maximum Gasteiger partial charge on any atom is 0.257 e. The predicted molar refractivity (Wildman–Crippen MR) is 146 cm³/mol. The number of hydrogen-bond donors (Lipinski definition) is 0. The van der Waals surface area contributed by atoms with Gasteiger partial charge in [0.1, 0.15) is 0 Å². The van der Waals surface area contributed by atoms with Crippen LogP contribution in [0.4, 0.5) is 0 Å². The molecule has 0 N–H and O–H groups in total. The number of hydrogen-bond acceptors (Lipinski definition) is 4. The number of rotatable bonds is 8. The van der Waals surface area contributed by atoms with Crippen LogP contribution < -0.4 is 0 Å². The zero-order valence-corrected chi connectivity index (χ0v) is 22.0. The van der Waals surface area contributed by atoms with Crippen molar-refractivity contribution < 1.29 is 4.79 Å². The summed E-state index contributed by atoms with van der Waals surface area (Å²) in [6, 6.07) is 21.0. The number of para-hydroxylation sites is 1. The van der Waals surface area contributed by atoms with E-state index in [4.69, 9.17) is 0 Å². The van der Waals surface area contributed by atoms with Crippen LogP contribution >= 0.6 is 0 Å². The minimum atomic E-state index is 0.0691. The number of carbonyl (C=O) groups is 1. The maximum absolute atomic E-state index is 13.3. The molecule has 1 saturated heterocycles. The summed E-state index contributed by atoms with van der Waals surface area (Å²) in [6.07, 6.45) is 8.63. The summed E-state index contributed by atoms with van der Waals surface area (Å²) in [5, 5.41) is 8.96. The molecule has 4 aromatic rings. The second-order valence-electron chi connectivity index (χ2n) is 10.2. The lowest BCUT2D eigenvalue weighted by molar-refractivity contribution is 0.0602. The molecule has 1 aliphatic heterocycles. The van der Waals surface area contributed by atoms with Crippen molar-refractivity contribution in [3.8, 4) is 5.69 Å². The molecule has 37 heavy (non-hydrogen) atoms. The summed E-state index contributed by atoms with van der Waals surface area (Å²) in [6.45, 7) is 4.49. The van der Waals surface area contributed by atoms with E-state index in [1.54, 1.807) is 10.9 Å². The third kappa shape index (κ3) is 5.83. The predicted octanol–water partition coefficient (Wildman–Crippen LogP) is 4.51. The Morgan fingerprint density at radius 1 is 1.03 bits per heavy atom. The number of likely N-dealkylation sites (N-methyl/N-ethyl adjacent to an activating group) is 1. The van der Waals surface area contributed by atoms with E-state index in [0.29, 0.717) is 17.5 Å². The van der Waals surface area contributed by atoms with E-state index in [0.717, 1.165) is 50.3 Å². The number of carbonyl (C=O) groups excluding carboxylic acids is 1. The van der Waals surface area contributed by atoms with Gasteiger partial charge in [-0.1, -0.05) is 48.5 Å². The van der Waals surface area contributed by atoms with Crippen LogP contribution in [0.2, 0.25) is 0 Å². The minimum Gasteiger partial charge on any atom is -0.339 e. The Morgan fingerprint density at radius 3 is 2.35 bits per heavy atom. The van der Waals surface area contributed by atoms with E-state index >= 15 is 0 Å². The number of benzene rings is 2. The van der Waals surface area contributed by atoms with Gasteiger partial charge in [0.25, 0.3) is 5.91 Å². The molecule has 7 nitrogen and oxygen atoms in total. The van der Waals surface area contributed by atoms with Crippen molar-refractivity contribution in [3.05, 3.63) is 102 Å². The summed E-state index contributed by atoms with van der Waals surface area (Å²) in [4.78, 5) is 17.8. The third-order valence-electron chi connectivity index (χ3n) is 7.61. The Bertz CT molecular complexity index is 1300. The summed E-state index contributed by atoms with van der Waals surface area (Å²) in [5.41, 5.74) is 5.31. The molecule has 2 aromatic heterocycles. The van der Waals surface area contributed by atoms with Crippen molar-refractivity contribution in [2.24, 2.45) is 13.0 Å². The highest BCUT2D eigenvalue weighted by molar-refractivity contribution is 5.93. The van der Waals surface area contributed by atoms with Crippen molar-refractivity contribution in [2.75, 3.05) is 20.1 Å². The van der Waals surface area contributed by atoms with Crippen LogP contribution in [0.25, 0.3) is 5.69 Å². The van der Waals surface area contributed by atoms with Crippen molar-refractivity contribution in [2.45, 2.75) is 38.8 Å². The van der Waals surface area contributed by atoms with Gasteiger partial charge in [0.15, 0.2) is 0 Å². The molecular weight excluding hydrogens is 460 g/mol. The van der Waals surface area contributed by atoms with Gasteiger partial charge in [-0.05, 0) is 56.8 Å². The fourth-order valence-electron chi connectivity index (χ4n) is 5.55.